The maximum Gasteiger partial charge on any atom is 0.217 e. The van der Waals surface area contributed by atoms with E-state index in [1.54, 1.807) is 0 Å². The van der Waals surface area contributed by atoms with Crippen LogP contribution in [-0.2, 0) is 14.3 Å². The van der Waals surface area contributed by atoms with Crippen molar-refractivity contribution < 1.29 is 14.3 Å². The summed E-state index contributed by atoms with van der Waals surface area (Å²) in [6, 6.07) is -0.0835. The second-order valence-corrected chi connectivity index (χ2v) is 3.57. The fourth-order valence-corrected chi connectivity index (χ4v) is 1.91. The van der Waals surface area contributed by atoms with E-state index in [0.29, 0.717) is 13.2 Å². The third-order valence-corrected chi connectivity index (χ3v) is 2.48. The van der Waals surface area contributed by atoms with Gasteiger partial charge in [0.2, 0.25) is 5.91 Å². The summed E-state index contributed by atoms with van der Waals surface area (Å²) in [6.07, 6.45) is -0.101. The Morgan fingerprint density at radius 2 is 2.08 bits per heavy atom. The number of hydrogen-bond acceptors (Lipinski definition) is 4. The summed E-state index contributed by atoms with van der Waals surface area (Å²) in [5.41, 5.74) is 5.75. The molecule has 0 bridgehead atoms. The third kappa shape index (κ3) is 1.54. The van der Waals surface area contributed by atoms with Crippen LogP contribution in [0.1, 0.15) is 6.92 Å². The van der Waals surface area contributed by atoms with Crippen LogP contribution in [0.15, 0.2) is 0 Å². The van der Waals surface area contributed by atoms with Crippen molar-refractivity contribution in [3.63, 3.8) is 0 Å². The third-order valence-electron chi connectivity index (χ3n) is 2.48. The van der Waals surface area contributed by atoms with Gasteiger partial charge in [-0.1, -0.05) is 0 Å². The van der Waals surface area contributed by atoms with Gasteiger partial charge in [0.25, 0.3) is 0 Å². The molecule has 2 heterocycles. The molecular weight excluding hydrogens is 172 g/mol. The van der Waals surface area contributed by atoms with E-state index in [9.17, 15) is 4.79 Å². The highest BCUT2D eigenvalue weighted by Crippen LogP contribution is 2.25. The van der Waals surface area contributed by atoms with Gasteiger partial charge in [-0.05, 0) is 0 Å². The summed E-state index contributed by atoms with van der Waals surface area (Å²) in [7, 11) is 0. The number of ether oxygens (including phenoxy) is 2. The van der Waals surface area contributed by atoms with Crippen LogP contribution in [-0.4, -0.2) is 43.4 Å². The van der Waals surface area contributed by atoms with Crippen LogP contribution < -0.4 is 11.1 Å². The molecule has 2 aliphatic rings. The van der Waals surface area contributed by atoms with Gasteiger partial charge in [-0.15, -0.1) is 0 Å². The average Bonchev–Trinajstić information content (AvgIpc) is 2.56. The lowest BCUT2D eigenvalue weighted by Gasteiger charge is -2.15. The van der Waals surface area contributed by atoms with Crippen molar-refractivity contribution in [2.75, 3.05) is 13.2 Å². The highest BCUT2D eigenvalue weighted by atomic mass is 16.6. The lowest BCUT2D eigenvalue weighted by molar-refractivity contribution is -0.120. The molecule has 0 aromatic rings. The molecule has 5 heteroatoms. The highest BCUT2D eigenvalue weighted by Gasteiger charge is 2.46. The van der Waals surface area contributed by atoms with E-state index >= 15 is 0 Å². The highest BCUT2D eigenvalue weighted by molar-refractivity contribution is 5.73. The van der Waals surface area contributed by atoms with Crippen molar-refractivity contribution in [2.45, 2.75) is 31.2 Å². The summed E-state index contributed by atoms with van der Waals surface area (Å²) in [5, 5.41) is 2.79. The van der Waals surface area contributed by atoms with Crippen molar-refractivity contribution in [3.05, 3.63) is 0 Å². The first-order chi connectivity index (χ1) is 6.18. The van der Waals surface area contributed by atoms with Gasteiger partial charge >= 0.3 is 0 Å². The topological polar surface area (TPSA) is 73.6 Å². The molecule has 0 aromatic carbocycles. The molecule has 4 atom stereocenters. The van der Waals surface area contributed by atoms with Gasteiger partial charge in [0, 0.05) is 6.92 Å². The van der Waals surface area contributed by atoms with Crippen LogP contribution in [0.5, 0.6) is 0 Å². The first-order valence-corrected chi connectivity index (χ1v) is 4.44. The maximum absolute atomic E-state index is 10.8. The second kappa shape index (κ2) is 3.25. The zero-order chi connectivity index (χ0) is 9.42. The Bertz CT molecular complexity index is 221. The maximum atomic E-state index is 10.8. The Morgan fingerprint density at radius 1 is 1.38 bits per heavy atom. The number of carbonyl (C=O) groups is 1. The lowest BCUT2D eigenvalue weighted by Crippen LogP contribution is -2.44. The number of nitrogens with one attached hydrogen (secondary N) is 1. The molecule has 3 N–H and O–H groups in total. The summed E-state index contributed by atoms with van der Waals surface area (Å²) in [4.78, 5) is 10.8. The van der Waals surface area contributed by atoms with E-state index in [1.807, 2.05) is 0 Å². The molecule has 0 radical (unpaired) electrons. The average molecular weight is 186 g/mol. The zero-order valence-electron chi connectivity index (χ0n) is 7.53. The summed E-state index contributed by atoms with van der Waals surface area (Å²) in [5.74, 6) is -0.0571. The predicted molar refractivity (Wildman–Crippen MR) is 45.1 cm³/mol. The number of nitrogens with two attached hydrogens (primary N) is 1. The van der Waals surface area contributed by atoms with E-state index < -0.39 is 0 Å². The Kier molecular flexibility index (Phi) is 2.23. The Balaban J connectivity index is 1.98. The predicted octanol–water partition coefficient (Wildman–Crippen LogP) is -1.38. The van der Waals surface area contributed by atoms with E-state index in [-0.39, 0.29) is 30.2 Å². The number of fused-ring (bicyclic) bond motifs is 1. The van der Waals surface area contributed by atoms with Crippen LogP contribution in [0.2, 0.25) is 0 Å². The van der Waals surface area contributed by atoms with Crippen LogP contribution in [0.4, 0.5) is 0 Å². The van der Waals surface area contributed by atoms with Crippen LogP contribution >= 0.6 is 0 Å². The van der Waals surface area contributed by atoms with Gasteiger partial charge in [-0.2, -0.15) is 0 Å². The molecule has 1 amide bonds. The van der Waals surface area contributed by atoms with Gasteiger partial charge in [0.05, 0.1) is 25.3 Å². The summed E-state index contributed by atoms with van der Waals surface area (Å²) in [6.45, 7) is 2.51. The molecule has 0 aromatic heterocycles. The summed E-state index contributed by atoms with van der Waals surface area (Å²) >= 11 is 0. The molecule has 2 rings (SSSR count). The number of hydrogen-bond donors (Lipinski definition) is 2. The van der Waals surface area contributed by atoms with E-state index in [0.717, 1.165) is 0 Å². The van der Waals surface area contributed by atoms with Crippen molar-refractivity contribution in [2.24, 2.45) is 5.73 Å². The van der Waals surface area contributed by atoms with Gasteiger partial charge in [-0.25, -0.2) is 0 Å². The second-order valence-electron chi connectivity index (χ2n) is 3.57. The number of amides is 1. The van der Waals surface area contributed by atoms with Crippen molar-refractivity contribution in [3.8, 4) is 0 Å². The van der Waals surface area contributed by atoms with E-state index in [4.69, 9.17) is 15.2 Å². The van der Waals surface area contributed by atoms with Gasteiger partial charge < -0.3 is 20.5 Å². The fraction of sp³-hybridized carbons (Fsp3) is 0.875. The van der Waals surface area contributed by atoms with Crippen LogP contribution in [0, 0.1) is 0 Å². The molecule has 74 valence electrons. The minimum absolute atomic E-state index is 0.0314. The van der Waals surface area contributed by atoms with E-state index in [1.165, 1.54) is 6.92 Å². The molecule has 0 spiro atoms. The Labute approximate surface area is 76.6 Å². The monoisotopic (exact) mass is 186 g/mol. The smallest absolute Gasteiger partial charge is 0.217 e. The lowest BCUT2D eigenvalue weighted by atomic mass is 10.1. The molecule has 0 saturated carbocycles. The fourth-order valence-electron chi connectivity index (χ4n) is 1.91. The van der Waals surface area contributed by atoms with Crippen LogP contribution in [0.3, 0.4) is 0 Å². The van der Waals surface area contributed by atoms with Gasteiger partial charge in [0.1, 0.15) is 12.2 Å². The van der Waals surface area contributed by atoms with Crippen molar-refractivity contribution >= 4 is 5.91 Å². The molecular formula is C8H14N2O3. The molecule has 2 saturated heterocycles. The molecule has 4 unspecified atom stereocenters. The summed E-state index contributed by atoms with van der Waals surface area (Å²) < 4.78 is 10.9. The largest absolute Gasteiger partial charge is 0.371 e. The minimum Gasteiger partial charge on any atom is -0.371 e. The first-order valence-electron chi connectivity index (χ1n) is 4.44. The van der Waals surface area contributed by atoms with E-state index in [2.05, 4.69) is 5.32 Å². The first kappa shape index (κ1) is 8.93. The SMILES string of the molecule is CC(=O)NC1COC2C(N)COC12. The van der Waals surface area contributed by atoms with Crippen molar-refractivity contribution in [1.82, 2.24) is 5.32 Å². The number of carbonyl (C=O) groups excluding carboxylic acids is 1. The normalized spacial score (nSPS) is 43.2. The van der Waals surface area contributed by atoms with Gasteiger partial charge in [0.15, 0.2) is 0 Å². The molecule has 2 fully saturated rings. The number of rotatable bonds is 1. The van der Waals surface area contributed by atoms with Gasteiger partial charge in [-0.3, -0.25) is 4.79 Å². The molecule has 13 heavy (non-hydrogen) atoms. The zero-order valence-corrected chi connectivity index (χ0v) is 7.53. The Morgan fingerprint density at radius 3 is 2.77 bits per heavy atom. The Hall–Kier alpha value is -0.650. The molecule has 2 aliphatic heterocycles. The van der Waals surface area contributed by atoms with Crippen molar-refractivity contribution in [1.29, 1.82) is 0 Å². The minimum atomic E-state index is -0.0571. The molecule has 0 aliphatic carbocycles. The quantitative estimate of drug-likeness (QED) is 0.529. The molecule has 5 nitrogen and oxygen atoms in total. The standard InChI is InChI=1S/C8H14N2O3/c1-4(11)10-6-3-13-7-5(9)2-12-8(6)7/h5-8H,2-3,9H2,1H3,(H,10,11). The van der Waals surface area contributed by atoms with Crippen LogP contribution in [0.25, 0.3) is 0 Å².